The Kier molecular flexibility index (Phi) is 10.5. The molecular formula is C62H49N4OPt-3. The van der Waals surface area contributed by atoms with Crippen LogP contribution in [0.25, 0.3) is 105 Å². The van der Waals surface area contributed by atoms with Crippen LogP contribution in [-0.4, -0.2) is 18.5 Å². The molecule has 0 spiro atoms. The summed E-state index contributed by atoms with van der Waals surface area (Å²) in [5.74, 6) is 0. The first-order valence-electron chi connectivity index (χ1n) is 23.1. The molecule has 0 atom stereocenters. The largest absolute Gasteiger partial charge is 0.510 e. The van der Waals surface area contributed by atoms with Gasteiger partial charge in [0.1, 0.15) is 5.65 Å². The van der Waals surface area contributed by atoms with E-state index in [4.69, 9.17) is 9.40 Å². The zero-order valence-electron chi connectivity index (χ0n) is 38.9. The Morgan fingerprint density at radius 3 is 1.97 bits per heavy atom. The molecule has 5 nitrogen and oxygen atoms in total. The quantitative estimate of drug-likeness (QED) is 0.154. The summed E-state index contributed by atoms with van der Waals surface area (Å²) >= 11 is 0. The van der Waals surface area contributed by atoms with Crippen LogP contribution < -0.4 is 0 Å². The standard InChI is InChI=1S/C62H49N4O.Pt/c1-61(2,3)43-29-32-55-53(36-43)51-31-30-47-38-58(51)66(55)59-28-16-25-54(63-59)42-33-41(34-44(35-42)62(4,5)6)48-21-10-11-22-50(48)52-24-15-23-49(40-17-8-7-9-18-40)60(52)65-39-64(56-26-12-13-27-57(56)65)45-19-14-20-46(37-45)67-47;/h7-36,39H,1-6H3;/q-3;. The van der Waals surface area contributed by atoms with Crippen LogP contribution in [0.5, 0.6) is 0 Å². The van der Waals surface area contributed by atoms with Crippen LogP contribution in [0.4, 0.5) is 0 Å². The molecule has 11 aromatic rings. The number of pyridine rings is 1. The maximum absolute atomic E-state index is 6.75. The van der Waals surface area contributed by atoms with Crippen molar-refractivity contribution in [3.8, 4) is 22.5 Å². The molecule has 1 aliphatic heterocycles. The Balaban J connectivity index is 0.00000507. The molecule has 0 radical (unpaired) electrons. The second-order valence-corrected chi connectivity index (χ2v) is 19.8. The maximum Gasteiger partial charge on any atom is 0.136 e. The van der Waals surface area contributed by atoms with E-state index in [2.05, 4.69) is 237 Å². The van der Waals surface area contributed by atoms with Crippen molar-refractivity contribution in [3.05, 3.63) is 212 Å². The minimum absolute atomic E-state index is 0. The van der Waals surface area contributed by atoms with Gasteiger partial charge in [-0.1, -0.05) is 168 Å². The molecule has 6 heteroatoms. The van der Waals surface area contributed by atoms with Crippen LogP contribution in [0, 0.1) is 12.1 Å². The third-order valence-corrected chi connectivity index (χ3v) is 13.3. The summed E-state index contributed by atoms with van der Waals surface area (Å²) in [5, 5.41) is 7.82. The van der Waals surface area contributed by atoms with E-state index in [1.807, 2.05) is 18.2 Å². The smallest absolute Gasteiger partial charge is 0.136 e. The monoisotopic (exact) mass is 1060 g/mol. The zero-order chi connectivity index (χ0) is 45.6. The van der Waals surface area contributed by atoms with Crippen LogP contribution in [0.15, 0.2) is 193 Å². The molecule has 1 aliphatic rings. The Morgan fingerprint density at radius 1 is 0.500 bits per heavy atom. The number of aromatic nitrogens is 4. The summed E-state index contributed by atoms with van der Waals surface area (Å²) in [6.45, 7) is 13.7. The fourth-order valence-corrected chi connectivity index (χ4v) is 9.84. The zero-order valence-corrected chi connectivity index (χ0v) is 41.2. The Labute approximate surface area is 410 Å². The van der Waals surface area contributed by atoms with Gasteiger partial charge in [-0.2, -0.15) is 24.3 Å². The van der Waals surface area contributed by atoms with Crippen molar-refractivity contribution in [2.24, 2.45) is 0 Å². The Hall–Kier alpha value is -7.33. The van der Waals surface area contributed by atoms with Crippen molar-refractivity contribution in [1.29, 1.82) is 0 Å². The summed E-state index contributed by atoms with van der Waals surface area (Å²) in [5.41, 5.74) is 13.5. The topological polar surface area (TPSA) is 40.3 Å². The van der Waals surface area contributed by atoms with Crippen molar-refractivity contribution >= 4 is 82.1 Å². The maximum atomic E-state index is 6.75. The fourth-order valence-electron chi connectivity index (χ4n) is 9.84. The molecule has 0 saturated carbocycles. The molecule has 0 fully saturated rings. The van der Waals surface area contributed by atoms with Gasteiger partial charge in [0.25, 0.3) is 0 Å². The molecule has 68 heavy (non-hydrogen) atoms. The van der Waals surface area contributed by atoms with Gasteiger partial charge in [-0.15, -0.1) is 29.1 Å². The Bertz CT molecular complexity index is 4070. The van der Waals surface area contributed by atoms with E-state index in [-0.39, 0.29) is 31.9 Å². The van der Waals surface area contributed by atoms with Crippen molar-refractivity contribution < 1.29 is 25.5 Å². The third kappa shape index (κ3) is 7.37. The van der Waals surface area contributed by atoms with E-state index in [0.717, 1.165) is 93.4 Å². The van der Waals surface area contributed by atoms with E-state index < -0.39 is 0 Å². The minimum atomic E-state index is -0.143. The summed E-state index contributed by atoms with van der Waals surface area (Å²) in [4.78, 5) is 5.53. The van der Waals surface area contributed by atoms with Crippen LogP contribution in [0.1, 0.15) is 52.7 Å². The molecule has 12 rings (SSSR count). The Morgan fingerprint density at radius 2 is 1.18 bits per heavy atom. The number of hydrogen-bond donors (Lipinski definition) is 0. The van der Waals surface area contributed by atoms with Gasteiger partial charge in [0, 0.05) is 49.5 Å². The molecule has 0 amide bonds. The van der Waals surface area contributed by atoms with Crippen LogP contribution in [-0.2, 0) is 31.9 Å². The molecule has 3 aromatic heterocycles. The summed E-state index contributed by atoms with van der Waals surface area (Å²) < 4.78 is 13.6. The second-order valence-electron chi connectivity index (χ2n) is 19.8. The molecule has 8 aromatic carbocycles. The molecule has 0 N–H and O–H groups in total. The number of hydrogen-bond acceptors (Lipinski definition) is 2. The average Bonchev–Trinajstić information content (AvgIpc) is 3.89. The van der Waals surface area contributed by atoms with Crippen LogP contribution >= 0.6 is 0 Å². The van der Waals surface area contributed by atoms with E-state index in [1.54, 1.807) is 0 Å². The fraction of sp³-hybridized carbons (Fsp3) is 0.129. The SMILES string of the molecule is CC(C)(C)c1cc2cc(c1)c1ccccc1c1cccc(-c3ccccc3)c1n1[cH-]n(c3[c-]c(ccc3)oc3[c-]c4c(cc3)c3cc(C(C)(C)C)ccc3n4c3cccc2n3)-c2ccccc2-1.[Pt]. The van der Waals surface area contributed by atoms with Crippen molar-refractivity contribution in [2.45, 2.75) is 52.4 Å². The number of imidazole rings is 1. The first kappa shape index (κ1) is 43.3. The predicted molar refractivity (Wildman–Crippen MR) is 280 cm³/mol. The van der Waals surface area contributed by atoms with Gasteiger partial charge in [0.05, 0.1) is 5.52 Å². The number of nitrogens with zero attached hydrogens (tertiary/aromatic N) is 4. The van der Waals surface area contributed by atoms with E-state index in [9.17, 15) is 0 Å². The van der Waals surface area contributed by atoms with Crippen LogP contribution in [0.2, 0.25) is 0 Å². The van der Waals surface area contributed by atoms with Gasteiger partial charge >= 0.3 is 0 Å². The van der Waals surface area contributed by atoms with Crippen molar-refractivity contribution in [2.75, 3.05) is 0 Å². The van der Waals surface area contributed by atoms with E-state index in [0.29, 0.717) is 11.2 Å². The van der Waals surface area contributed by atoms with Gasteiger partial charge in [-0.3, -0.25) is 0 Å². The molecule has 4 heterocycles. The van der Waals surface area contributed by atoms with Gasteiger partial charge in [0.2, 0.25) is 0 Å². The summed E-state index contributed by atoms with van der Waals surface area (Å²) in [6, 6.07) is 72.7. The average molecular weight is 1060 g/mol. The molecule has 336 valence electrons. The normalized spacial score (nSPS) is 12.1. The molecule has 0 saturated heterocycles. The van der Waals surface area contributed by atoms with Gasteiger partial charge in [-0.05, 0) is 107 Å². The van der Waals surface area contributed by atoms with Gasteiger partial charge < -0.3 is 18.0 Å². The minimum Gasteiger partial charge on any atom is -0.510 e. The first-order valence-corrected chi connectivity index (χ1v) is 23.1. The third-order valence-electron chi connectivity index (χ3n) is 13.3. The summed E-state index contributed by atoms with van der Waals surface area (Å²) in [6.07, 6.45) is 2.20. The van der Waals surface area contributed by atoms with Crippen LogP contribution in [0.3, 0.4) is 0 Å². The molecular weight excluding hydrogens is 1010 g/mol. The molecule has 10 bridgehead atoms. The number of rotatable bonds is 1. The van der Waals surface area contributed by atoms with Crippen molar-refractivity contribution in [3.63, 3.8) is 0 Å². The number of para-hydroxylation sites is 3. The van der Waals surface area contributed by atoms with Crippen molar-refractivity contribution in [1.82, 2.24) is 18.5 Å². The molecule has 0 unspecified atom stereocenters. The van der Waals surface area contributed by atoms with E-state index in [1.165, 1.54) is 11.1 Å². The summed E-state index contributed by atoms with van der Waals surface area (Å²) in [7, 11) is 0. The number of benzene rings is 8. The van der Waals surface area contributed by atoms with E-state index >= 15 is 0 Å². The van der Waals surface area contributed by atoms with Gasteiger partial charge in [0.15, 0.2) is 0 Å². The molecule has 0 aliphatic carbocycles. The second kappa shape index (κ2) is 16.5. The predicted octanol–water partition coefficient (Wildman–Crippen LogP) is 16.4. The number of fused-ring (bicyclic) bond motifs is 23. The van der Waals surface area contributed by atoms with Gasteiger partial charge in [-0.25, -0.2) is 4.98 Å². The first-order chi connectivity index (χ1) is 32.5.